The smallest absolute Gasteiger partial charge is 0.159 e. The molecule has 0 aliphatic carbocycles. The van der Waals surface area contributed by atoms with Crippen molar-refractivity contribution in [3.8, 4) is 0 Å². The summed E-state index contributed by atoms with van der Waals surface area (Å²) in [7, 11) is -0.369. The average Bonchev–Trinajstić information content (AvgIpc) is 2.04. The van der Waals surface area contributed by atoms with Gasteiger partial charge in [0.25, 0.3) is 0 Å². The van der Waals surface area contributed by atoms with E-state index in [9.17, 15) is 0 Å². The Hall–Kier alpha value is -0.763. The van der Waals surface area contributed by atoms with E-state index in [1.54, 1.807) is 0 Å². The predicted octanol–water partition coefficient (Wildman–Crippen LogP) is 2.91. The molecule has 1 nitrogen and oxygen atoms in total. The second-order valence-electron chi connectivity index (χ2n) is 3.14. The first-order valence-corrected chi connectivity index (χ1v) is 6.89. The summed E-state index contributed by atoms with van der Waals surface area (Å²) in [6, 6.07) is 8.54. The van der Waals surface area contributed by atoms with Gasteiger partial charge in [0, 0.05) is 5.69 Å². The SMILES string of the molecule is CCc1ccccc1N[Si](C)C. The van der Waals surface area contributed by atoms with Crippen molar-refractivity contribution < 1.29 is 0 Å². The van der Waals surface area contributed by atoms with E-state index in [0.717, 1.165) is 6.42 Å². The van der Waals surface area contributed by atoms with Crippen molar-refractivity contribution in [2.24, 2.45) is 0 Å². The van der Waals surface area contributed by atoms with E-state index in [-0.39, 0.29) is 8.96 Å². The monoisotopic (exact) mass is 178 g/mol. The molecule has 2 heteroatoms. The molecule has 12 heavy (non-hydrogen) atoms. The number of nitrogens with one attached hydrogen (secondary N) is 1. The summed E-state index contributed by atoms with van der Waals surface area (Å²) in [5.41, 5.74) is 2.74. The number of benzene rings is 1. The quantitative estimate of drug-likeness (QED) is 0.702. The maximum absolute atomic E-state index is 3.53. The second-order valence-corrected chi connectivity index (χ2v) is 5.39. The van der Waals surface area contributed by atoms with Crippen LogP contribution in [0.3, 0.4) is 0 Å². The summed E-state index contributed by atoms with van der Waals surface area (Å²) in [4.78, 5) is 3.53. The van der Waals surface area contributed by atoms with Crippen LogP contribution in [0.25, 0.3) is 0 Å². The zero-order chi connectivity index (χ0) is 8.97. The van der Waals surface area contributed by atoms with E-state index < -0.39 is 0 Å². The Kier molecular flexibility index (Phi) is 3.35. The van der Waals surface area contributed by atoms with Crippen molar-refractivity contribution in [1.82, 2.24) is 0 Å². The maximum atomic E-state index is 3.53. The number of aryl methyl sites for hydroxylation is 1. The molecular formula is C10H16NSi. The van der Waals surface area contributed by atoms with E-state index in [0.29, 0.717) is 0 Å². The van der Waals surface area contributed by atoms with Gasteiger partial charge in [-0.2, -0.15) is 0 Å². The van der Waals surface area contributed by atoms with Gasteiger partial charge in [-0.25, -0.2) is 0 Å². The zero-order valence-corrected chi connectivity index (χ0v) is 9.02. The highest BCUT2D eigenvalue weighted by Gasteiger charge is 2.00. The van der Waals surface area contributed by atoms with Gasteiger partial charge in [-0.15, -0.1) is 0 Å². The van der Waals surface area contributed by atoms with Gasteiger partial charge in [-0.3, -0.25) is 0 Å². The van der Waals surface area contributed by atoms with Crippen molar-refractivity contribution in [3.63, 3.8) is 0 Å². The van der Waals surface area contributed by atoms with Crippen LogP contribution in [0.1, 0.15) is 12.5 Å². The largest absolute Gasteiger partial charge is 0.411 e. The Balaban J connectivity index is 2.82. The molecular weight excluding hydrogens is 162 g/mol. The topological polar surface area (TPSA) is 12.0 Å². The van der Waals surface area contributed by atoms with Crippen LogP contribution in [0.2, 0.25) is 13.1 Å². The van der Waals surface area contributed by atoms with E-state index in [1.165, 1.54) is 11.3 Å². The van der Waals surface area contributed by atoms with Crippen LogP contribution in [0, 0.1) is 0 Å². The molecule has 1 rings (SSSR count). The Morgan fingerprint density at radius 1 is 1.25 bits per heavy atom. The number of rotatable bonds is 3. The van der Waals surface area contributed by atoms with Gasteiger partial charge in [0.1, 0.15) is 0 Å². The molecule has 0 aliphatic heterocycles. The normalized spacial score (nSPS) is 10.3. The highest BCUT2D eigenvalue weighted by Crippen LogP contribution is 2.15. The third-order valence-corrected chi connectivity index (χ3v) is 2.55. The Morgan fingerprint density at radius 2 is 1.92 bits per heavy atom. The highest BCUT2D eigenvalue weighted by molar-refractivity contribution is 6.59. The lowest BCUT2D eigenvalue weighted by Crippen LogP contribution is -2.16. The van der Waals surface area contributed by atoms with Crippen LogP contribution in [-0.2, 0) is 6.42 Å². The van der Waals surface area contributed by atoms with Crippen molar-refractivity contribution in [1.29, 1.82) is 0 Å². The predicted molar refractivity (Wildman–Crippen MR) is 56.9 cm³/mol. The summed E-state index contributed by atoms with van der Waals surface area (Å²) in [5, 5.41) is 0. The van der Waals surface area contributed by atoms with E-state index in [2.05, 4.69) is 49.3 Å². The summed E-state index contributed by atoms with van der Waals surface area (Å²) in [6.45, 7) is 6.71. The molecule has 1 N–H and O–H groups in total. The Labute approximate surface area is 76.5 Å². The van der Waals surface area contributed by atoms with Crippen molar-refractivity contribution in [2.45, 2.75) is 26.4 Å². The van der Waals surface area contributed by atoms with Crippen LogP contribution in [-0.4, -0.2) is 8.96 Å². The van der Waals surface area contributed by atoms with E-state index in [1.807, 2.05) is 0 Å². The van der Waals surface area contributed by atoms with Crippen LogP contribution in [0.5, 0.6) is 0 Å². The van der Waals surface area contributed by atoms with Gasteiger partial charge in [0.2, 0.25) is 0 Å². The maximum Gasteiger partial charge on any atom is 0.159 e. The average molecular weight is 178 g/mol. The molecule has 0 bridgehead atoms. The van der Waals surface area contributed by atoms with E-state index >= 15 is 0 Å². The van der Waals surface area contributed by atoms with Gasteiger partial charge in [-0.05, 0) is 18.1 Å². The lowest BCUT2D eigenvalue weighted by molar-refractivity contribution is 1.14. The molecule has 0 aliphatic rings. The first-order valence-electron chi connectivity index (χ1n) is 4.39. The third-order valence-electron chi connectivity index (χ3n) is 1.78. The molecule has 0 atom stereocenters. The second kappa shape index (κ2) is 4.31. The lowest BCUT2D eigenvalue weighted by atomic mass is 10.1. The molecule has 1 radical (unpaired) electrons. The first-order chi connectivity index (χ1) is 5.74. The molecule has 0 unspecified atom stereocenters. The fourth-order valence-electron chi connectivity index (χ4n) is 1.22. The first kappa shape index (κ1) is 9.33. The summed E-state index contributed by atoms with van der Waals surface area (Å²) in [5.74, 6) is 0. The number of hydrogen-bond donors (Lipinski definition) is 1. The fourth-order valence-corrected chi connectivity index (χ4v) is 2.00. The molecule has 0 fully saturated rings. The third kappa shape index (κ3) is 2.38. The van der Waals surface area contributed by atoms with Crippen molar-refractivity contribution >= 4 is 14.6 Å². The highest BCUT2D eigenvalue weighted by atomic mass is 28.3. The molecule has 1 aromatic rings. The minimum atomic E-state index is -0.369. The minimum Gasteiger partial charge on any atom is -0.411 e. The van der Waals surface area contributed by atoms with Gasteiger partial charge < -0.3 is 4.98 Å². The van der Waals surface area contributed by atoms with E-state index in [4.69, 9.17) is 0 Å². The van der Waals surface area contributed by atoms with Gasteiger partial charge >= 0.3 is 0 Å². The van der Waals surface area contributed by atoms with Crippen LogP contribution >= 0.6 is 0 Å². The molecule has 1 aromatic carbocycles. The molecule has 65 valence electrons. The van der Waals surface area contributed by atoms with Crippen LogP contribution < -0.4 is 4.98 Å². The molecule has 0 aromatic heterocycles. The Bertz CT molecular complexity index is 245. The molecule has 0 saturated carbocycles. The number of para-hydroxylation sites is 1. The number of anilines is 1. The zero-order valence-electron chi connectivity index (χ0n) is 8.02. The van der Waals surface area contributed by atoms with Crippen LogP contribution in [0.15, 0.2) is 24.3 Å². The fraction of sp³-hybridized carbons (Fsp3) is 0.400. The molecule has 0 amide bonds. The summed E-state index contributed by atoms with van der Waals surface area (Å²) in [6.07, 6.45) is 1.11. The molecule has 0 spiro atoms. The van der Waals surface area contributed by atoms with Gasteiger partial charge in [-0.1, -0.05) is 38.2 Å². The summed E-state index contributed by atoms with van der Waals surface area (Å²) >= 11 is 0. The standard InChI is InChI=1S/C10H16NSi/c1-4-9-7-5-6-8-10(9)11-12(2)3/h5-8,11H,4H2,1-3H3. The van der Waals surface area contributed by atoms with Gasteiger partial charge in [0.15, 0.2) is 8.96 Å². The lowest BCUT2D eigenvalue weighted by Gasteiger charge is -2.11. The van der Waals surface area contributed by atoms with Crippen molar-refractivity contribution in [2.75, 3.05) is 4.98 Å². The molecule has 0 saturated heterocycles. The summed E-state index contributed by atoms with van der Waals surface area (Å²) < 4.78 is 0. The van der Waals surface area contributed by atoms with Gasteiger partial charge in [0.05, 0.1) is 0 Å². The number of hydrogen-bond acceptors (Lipinski definition) is 1. The minimum absolute atomic E-state index is 0.369. The van der Waals surface area contributed by atoms with Crippen molar-refractivity contribution in [3.05, 3.63) is 29.8 Å². The van der Waals surface area contributed by atoms with Crippen LogP contribution in [0.4, 0.5) is 5.69 Å². The Morgan fingerprint density at radius 3 is 2.50 bits per heavy atom. The molecule has 0 heterocycles.